The van der Waals surface area contributed by atoms with E-state index in [0.29, 0.717) is 6.42 Å². The van der Waals surface area contributed by atoms with Crippen molar-refractivity contribution >= 4 is 5.97 Å². The molecular formula is C21H42O4. The Hall–Kier alpha value is -0.610. The Labute approximate surface area is 155 Å². The minimum absolute atomic E-state index is 0.0879. The number of rotatable bonds is 19. The maximum Gasteiger partial charge on any atom is 0.308 e. The molecule has 0 bridgehead atoms. The molecule has 4 nitrogen and oxygen atoms in total. The smallest absolute Gasteiger partial charge is 0.308 e. The number of aliphatic hydroxyl groups is 2. The van der Waals surface area contributed by atoms with Gasteiger partial charge in [-0.1, -0.05) is 96.8 Å². The molecule has 0 saturated heterocycles. The van der Waals surface area contributed by atoms with E-state index in [1.54, 1.807) is 0 Å². The van der Waals surface area contributed by atoms with E-state index in [1.807, 2.05) is 0 Å². The van der Waals surface area contributed by atoms with Crippen LogP contribution in [0.3, 0.4) is 0 Å². The van der Waals surface area contributed by atoms with Crippen molar-refractivity contribution in [2.45, 2.75) is 122 Å². The highest BCUT2D eigenvalue weighted by atomic mass is 16.6. The van der Waals surface area contributed by atoms with Crippen LogP contribution in [-0.4, -0.2) is 29.1 Å². The zero-order valence-electron chi connectivity index (χ0n) is 16.5. The van der Waals surface area contributed by atoms with Gasteiger partial charge in [0.15, 0.2) is 0 Å². The van der Waals surface area contributed by atoms with Gasteiger partial charge in [0, 0.05) is 19.4 Å². The van der Waals surface area contributed by atoms with Gasteiger partial charge >= 0.3 is 5.97 Å². The first-order valence-corrected chi connectivity index (χ1v) is 10.7. The molecule has 0 rings (SSSR count). The second-order valence-electron chi connectivity index (χ2n) is 7.16. The highest BCUT2D eigenvalue weighted by molar-refractivity contribution is 5.69. The molecule has 0 amide bonds. The SMILES string of the molecule is CCCCCCCCCCCCCCCCCC(=O)O[C@@H](O)CCO. The fourth-order valence-corrected chi connectivity index (χ4v) is 3.02. The molecule has 0 heterocycles. The summed E-state index contributed by atoms with van der Waals surface area (Å²) in [6, 6.07) is 0. The Balaban J connectivity index is 3.15. The predicted octanol–water partition coefficient (Wildman–Crippen LogP) is 5.49. The number of carbonyl (C=O) groups is 1. The number of unbranched alkanes of at least 4 members (excludes halogenated alkanes) is 14. The molecule has 0 aromatic carbocycles. The van der Waals surface area contributed by atoms with E-state index in [2.05, 4.69) is 6.92 Å². The number of carbonyl (C=O) groups excluding carboxylic acids is 1. The predicted molar refractivity (Wildman–Crippen MR) is 103 cm³/mol. The van der Waals surface area contributed by atoms with Crippen LogP contribution in [0.1, 0.15) is 116 Å². The lowest BCUT2D eigenvalue weighted by atomic mass is 10.0. The first-order chi connectivity index (χ1) is 12.2. The average molecular weight is 359 g/mol. The van der Waals surface area contributed by atoms with Gasteiger partial charge in [0.25, 0.3) is 0 Å². The molecule has 0 radical (unpaired) electrons. The quantitative estimate of drug-likeness (QED) is 0.182. The Bertz CT molecular complexity index is 281. The molecular weight excluding hydrogens is 316 g/mol. The van der Waals surface area contributed by atoms with Crippen molar-refractivity contribution in [3.05, 3.63) is 0 Å². The van der Waals surface area contributed by atoms with E-state index >= 15 is 0 Å². The van der Waals surface area contributed by atoms with Crippen molar-refractivity contribution in [1.29, 1.82) is 0 Å². The Morgan fingerprint density at radius 2 is 1.16 bits per heavy atom. The van der Waals surface area contributed by atoms with Crippen molar-refractivity contribution in [3.63, 3.8) is 0 Å². The van der Waals surface area contributed by atoms with Crippen LogP contribution >= 0.6 is 0 Å². The van der Waals surface area contributed by atoms with Crippen LogP contribution in [0.5, 0.6) is 0 Å². The van der Waals surface area contributed by atoms with Gasteiger partial charge in [0.1, 0.15) is 0 Å². The summed E-state index contributed by atoms with van der Waals surface area (Å²) < 4.78 is 4.77. The molecule has 0 aliphatic rings. The first kappa shape index (κ1) is 24.4. The Morgan fingerprint density at radius 1 is 0.760 bits per heavy atom. The zero-order valence-corrected chi connectivity index (χ0v) is 16.5. The van der Waals surface area contributed by atoms with Crippen LogP contribution in [0.15, 0.2) is 0 Å². The molecule has 0 aromatic heterocycles. The number of hydrogen-bond acceptors (Lipinski definition) is 4. The summed E-state index contributed by atoms with van der Waals surface area (Å²) in [5.41, 5.74) is 0. The summed E-state index contributed by atoms with van der Waals surface area (Å²) in [7, 11) is 0. The fraction of sp³-hybridized carbons (Fsp3) is 0.952. The highest BCUT2D eigenvalue weighted by Gasteiger charge is 2.09. The Morgan fingerprint density at radius 3 is 1.56 bits per heavy atom. The minimum atomic E-state index is -1.16. The monoisotopic (exact) mass is 358 g/mol. The lowest BCUT2D eigenvalue weighted by Crippen LogP contribution is -2.18. The second kappa shape index (κ2) is 19.7. The molecule has 0 aliphatic heterocycles. The second-order valence-corrected chi connectivity index (χ2v) is 7.16. The molecule has 150 valence electrons. The van der Waals surface area contributed by atoms with Crippen molar-refractivity contribution in [2.24, 2.45) is 0 Å². The Kier molecular flexibility index (Phi) is 19.2. The third kappa shape index (κ3) is 19.6. The van der Waals surface area contributed by atoms with Gasteiger partial charge in [-0.15, -0.1) is 0 Å². The number of esters is 1. The van der Waals surface area contributed by atoms with Gasteiger partial charge in [0.05, 0.1) is 0 Å². The van der Waals surface area contributed by atoms with Crippen LogP contribution in [0.25, 0.3) is 0 Å². The van der Waals surface area contributed by atoms with Crippen molar-refractivity contribution in [1.82, 2.24) is 0 Å². The van der Waals surface area contributed by atoms with Gasteiger partial charge in [-0.05, 0) is 6.42 Å². The maximum atomic E-state index is 11.4. The molecule has 0 spiro atoms. The summed E-state index contributed by atoms with van der Waals surface area (Å²) in [4.78, 5) is 11.4. The van der Waals surface area contributed by atoms with Gasteiger partial charge < -0.3 is 14.9 Å². The number of hydrogen-bond donors (Lipinski definition) is 2. The van der Waals surface area contributed by atoms with E-state index in [9.17, 15) is 9.90 Å². The van der Waals surface area contributed by atoms with E-state index < -0.39 is 6.29 Å². The van der Waals surface area contributed by atoms with Crippen LogP contribution in [0, 0.1) is 0 Å². The summed E-state index contributed by atoms with van der Waals surface area (Å²) in [5, 5.41) is 17.9. The molecule has 0 saturated carbocycles. The lowest BCUT2D eigenvalue weighted by molar-refractivity contribution is -0.169. The fourth-order valence-electron chi connectivity index (χ4n) is 3.02. The molecule has 0 aliphatic carbocycles. The van der Waals surface area contributed by atoms with Crippen molar-refractivity contribution < 1.29 is 19.7 Å². The van der Waals surface area contributed by atoms with Gasteiger partial charge in [-0.25, -0.2) is 0 Å². The summed E-state index contributed by atoms with van der Waals surface area (Å²) >= 11 is 0. The molecule has 4 heteroatoms. The van der Waals surface area contributed by atoms with Gasteiger partial charge in [-0.2, -0.15) is 0 Å². The molecule has 0 aromatic rings. The standard InChI is InChI=1S/C21H42O4/c1-2-3-4-5-6-7-8-9-10-11-12-13-14-15-16-17-20(23)25-21(24)18-19-22/h21-22,24H,2-19H2,1H3/t21-/m1/s1. The van der Waals surface area contributed by atoms with E-state index in [0.717, 1.165) is 12.8 Å². The maximum absolute atomic E-state index is 11.4. The molecule has 0 unspecified atom stereocenters. The summed E-state index contributed by atoms with van der Waals surface area (Å²) in [5.74, 6) is -0.365. The summed E-state index contributed by atoms with van der Waals surface area (Å²) in [6.45, 7) is 2.09. The third-order valence-electron chi connectivity index (χ3n) is 4.63. The van der Waals surface area contributed by atoms with E-state index in [1.165, 1.54) is 83.5 Å². The van der Waals surface area contributed by atoms with E-state index in [-0.39, 0.29) is 19.0 Å². The lowest BCUT2D eigenvalue weighted by Gasteiger charge is -2.10. The summed E-state index contributed by atoms with van der Waals surface area (Å²) in [6.07, 6.45) is 18.8. The van der Waals surface area contributed by atoms with Gasteiger partial charge in [-0.3, -0.25) is 4.79 Å². The van der Waals surface area contributed by atoms with E-state index in [4.69, 9.17) is 9.84 Å². The van der Waals surface area contributed by atoms with Crippen molar-refractivity contribution in [2.75, 3.05) is 6.61 Å². The highest BCUT2D eigenvalue weighted by Crippen LogP contribution is 2.14. The molecule has 2 N–H and O–H groups in total. The van der Waals surface area contributed by atoms with Crippen LogP contribution < -0.4 is 0 Å². The number of aliphatic hydroxyl groups excluding tert-OH is 2. The first-order valence-electron chi connectivity index (χ1n) is 10.7. The van der Waals surface area contributed by atoms with Crippen LogP contribution in [0.4, 0.5) is 0 Å². The molecule has 0 fully saturated rings. The largest absolute Gasteiger partial charge is 0.436 e. The molecule has 25 heavy (non-hydrogen) atoms. The normalized spacial score (nSPS) is 12.3. The third-order valence-corrected chi connectivity index (χ3v) is 4.63. The minimum Gasteiger partial charge on any atom is -0.436 e. The topological polar surface area (TPSA) is 66.8 Å². The van der Waals surface area contributed by atoms with Crippen LogP contribution in [0.2, 0.25) is 0 Å². The average Bonchev–Trinajstić information content (AvgIpc) is 2.58. The van der Waals surface area contributed by atoms with Crippen molar-refractivity contribution in [3.8, 4) is 0 Å². The van der Waals surface area contributed by atoms with Gasteiger partial charge in [0.2, 0.25) is 6.29 Å². The number of ether oxygens (including phenoxy) is 1. The molecule has 1 atom stereocenters. The zero-order chi connectivity index (χ0) is 18.6. The van der Waals surface area contributed by atoms with Crippen LogP contribution in [-0.2, 0) is 9.53 Å².